The molecule has 2 aliphatic rings. The minimum absolute atomic E-state index is 0.0111. The van der Waals surface area contributed by atoms with E-state index in [0.29, 0.717) is 121 Å². The summed E-state index contributed by atoms with van der Waals surface area (Å²) in [6.07, 6.45) is 5.27. The van der Waals surface area contributed by atoms with Crippen molar-refractivity contribution in [1.82, 2.24) is 34.6 Å². The number of likely N-dealkylation sites (N-methyl/N-ethyl adjacent to an activating group) is 1. The number of ether oxygens (including phenoxy) is 1. The van der Waals surface area contributed by atoms with Gasteiger partial charge in [-0.3, -0.25) is 28.7 Å². The highest BCUT2D eigenvalue weighted by molar-refractivity contribution is 6.38. The Bertz CT molecular complexity index is 2400. The van der Waals surface area contributed by atoms with Crippen molar-refractivity contribution >= 4 is 51.1 Å². The van der Waals surface area contributed by atoms with E-state index in [0.717, 1.165) is 18.5 Å². The van der Waals surface area contributed by atoms with E-state index in [9.17, 15) is 24.3 Å². The lowest BCUT2D eigenvalue weighted by atomic mass is 9.88. The Kier molecular flexibility index (Phi) is 12.9. The van der Waals surface area contributed by atoms with Crippen LogP contribution in [0.25, 0.3) is 21.8 Å². The number of likely N-dealkylation sites (tertiary alicyclic amines) is 1. The number of aromatic nitrogens is 3. The van der Waals surface area contributed by atoms with E-state index in [2.05, 4.69) is 15.2 Å². The predicted molar refractivity (Wildman–Crippen MR) is 228 cm³/mol. The molecule has 0 bridgehead atoms. The van der Waals surface area contributed by atoms with E-state index < -0.39 is 5.60 Å². The molecule has 310 valence electrons. The number of carbonyl (C=O) groups excluding carboxylic acids is 3. The van der Waals surface area contributed by atoms with Crippen LogP contribution in [0, 0.1) is 5.92 Å². The first-order valence-electron chi connectivity index (χ1n) is 20.4. The number of fused-ring (bicyclic) bond motifs is 3. The molecule has 3 aromatic carbocycles. The molecular formula is C45H52ClN7O6. The molecule has 1 atom stereocenters. The second kappa shape index (κ2) is 18.3. The highest BCUT2D eigenvalue weighted by atomic mass is 35.5. The molecular weight excluding hydrogens is 770 g/mol. The molecule has 2 aliphatic heterocycles. The molecule has 1 saturated heterocycles. The molecule has 0 saturated carbocycles. The predicted octanol–water partition coefficient (Wildman–Crippen LogP) is 4.98. The maximum absolute atomic E-state index is 14.1. The summed E-state index contributed by atoms with van der Waals surface area (Å²) in [5.41, 5.74) is 2.23. The van der Waals surface area contributed by atoms with E-state index in [4.69, 9.17) is 21.3 Å². The first-order valence-corrected chi connectivity index (χ1v) is 20.7. The molecule has 1 fully saturated rings. The molecule has 13 nitrogen and oxygen atoms in total. The number of pyridine rings is 1. The zero-order valence-electron chi connectivity index (χ0n) is 34.0. The molecule has 0 aliphatic carbocycles. The molecule has 14 heteroatoms. The Morgan fingerprint density at radius 3 is 2.51 bits per heavy atom. The lowest BCUT2D eigenvalue weighted by molar-refractivity contribution is -0.140. The SMILES string of the molecule is CN(C)CCCOc1ccc2c(=O)n(CC3(O)CCN(C(=O)C(CCCNC(=O)c4ccc5c(Cl)c6c(nc5c4)CCN(C)C6=O)Cc4ccccc4)CC3)cnc2c1. The number of halogens is 1. The minimum atomic E-state index is -1.18. The van der Waals surface area contributed by atoms with Gasteiger partial charge in [-0.1, -0.05) is 48.0 Å². The quantitative estimate of drug-likeness (QED) is 0.140. The van der Waals surface area contributed by atoms with Crippen LogP contribution >= 0.6 is 11.6 Å². The number of carbonyl (C=O) groups is 3. The lowest BCUT2D eigenvalue weighted by Gasteiger charge is -2.39. The normalized spacial score (nSPS) is 15.7. The Labute approximate surface area is 348 Å². The van der Waals surface area contributed by atoms with Crippen molar-refractivity contribution in [2.75, 3.05) is 60.5 Å². The van der Waals surface area contributed by atoms with Crippen LogP contribution in [0.1, 0.15) is 64.1 Å². The van der Waals surface area contributed by atoms with Gasteiger partial charge >= 0.3 is 0 Å². The van der Waals surface area contributed by atoms with Gasteiger partial charge in [-0.2, -0.15) is 0 Å². The molecule has 3 amide bonds. The van der Waals surface area contributed by atoms with Gasteiger partial charge in [-0.25, -0.2) is 4.98 Å². The molecule has 5 aromatic rings. The number of hydrogen-bond acceptors (Lipinski definition) is 9. The van der Waals surface area contributed by atoms with E-state index in [1.807, 2.05) is 49.3 Å². The van der Waals surface area contributed by atoms with Crippen molar-refractivity contribution in [2.45, 2.75) is 57.1 Å². The first-order chi connectivity index (χ1) is 28.4. The van der Waals surface area contributed by atoms with E-state index in [1.54, 1.807) is 48.3 Å². The van der Waals surface area contributed by atoms with Gasteiger partial charge < -0.3 is 29.9 Å². The maximum Gasteiger partial charge on any atom is 0.261 e. The molecule has 59 heavy (non-hydrogen) atoms. The largest absolute Gasteiger partial charge is 0.493 e. The Morgan fingerprint density at radius 1 is 0.983 bits per heavy atom. The van der Waals surface area contributed by atoms with E-state index in [1.165, 1.54) is 10.9 Å². The highest BCUT2D eigenvalue weighted by Crippen LogP contribution is 2.32. The van der Waals surface area contributed by atoms with Crippen molar-refractivity contribution in [3.05, 3.63) is 111 Å². The van der Waals surface area contributed by atoms with Crippen LogP contribution in [0.4, 0.5) is 0 Å². The number of nitrogens with zero attached hydrogens (tertiary/aromatic N) is 6. The maximum atomic E-state index is 14.1. The molecule has 4 heterocycles. The molecule has 2 aromatic heterocycles. The third-order valence-electron chi connectivity index (χ3n) is 11.5. The van der Waals surface area contributed by atoms with E-state index in [-0.39, 0.29) is 35.7 Å². The number of aliphatic hydroxyl groups is 1. The third kappa shape index (κ3) is 9.75. The van der Waals surface area contributed by atoms with Gasteiger partial charge in [-0.05, 0) is 82.4 Å². The molecule has 1 unspecified atom stereocenters. The van der Waals surface area contributed by atoms with Gasteiger partial charge in [-0.15, -0.1) is 0 Å². The van der Waals surface area contributed by atoms with Crippen molar-refractivity contribution in [1.29, 1.82) is 0 Å². The smallest absolute Gasteiger partial charge is 0.261 e. The summed E-state index contributed by atoms with van der Waals surface area (Å²) in [6.45, 7) is 3.19. The summed E-state index contributed by atoms with van der Waals surface area (Å²) in [6, 6.07) is 20.3. The second-order valence-electron chi connectivity index (χ2n) is 16.2. The summed E-state index contributed by atoms with van der Waals surface area (Å²) >= 11 is 6.67. The van der Waals surface area contributed by atoms with Crippen LogP contribution in [-0.4, -0.2) is 118 Å². The van der Waals surface area contributed by atoms with Crippen LogP contribution in [0.2, 0.25) is 5.02 Å². The molecule has 2 N–H and O–H groups in total. The van der Waals surface area contributed by atoms with Gasteiger partial charge in [0.2, 0.25) is 5.91 Å². The Hall–Kier alpha value is -5.37. The van der Waals surface area contributed by atoms with Crippen LogP contribution < -0.4 is 15.6 Å². The number of benzene rings is 3. The summed E-state index contributed by atoms with van der Waals surface area (Å²) in [7, 11) is 5.77. The van der Waals surface area contributed by atoms with Crippen LogP contribution in [0.5, 0.6) is 5.75 Å². The Balaban J connectivity index is 0.946. The fourth-order valence-corrected chi connectivity index (χ4v) is 8.38. The van der Waals surface area contributed by atoms with E-state index >= 15 is 0 Å². The van der Waals surface area contributed by atoms with Crippen LogP contribution in [0.15, 0.2) is 77.9 Å². The average Bonchev–Trinajstić information content (AvgIpc) is 3.23. The molecule has 0 radical (unpaired) electrons. The number of rotatable bonds is 15. The Morgan fingerprint density at radius 2 is 1.75 bits per heavy atom. The van der Waals surface area contributed by atoms with Gasteiger partial charge in [0, 0.05) is 69.1 Å². The van der Waals surface area contributed by atoms with Crippen LogP contribution in [0.3, 0.4) is 0 Å². The number of nitrogens with one attached hydrogen (secondary N) is 1. The highest BCUT2D eigenvalue weighted by Gasteiger charge is 2.36. The summed E-state index contributed by atoms with van der Waals surface area (Å²) in [4.78, 5) is 68.3. The van der Waals surface area contributed by atoms with Crippen molar-refractivity contribution in [3.8, 4) is 5.75 Å². The zero-order chi connectivity index (χ0) is 41.7. The topological polar surface area (TPSA) is 150 Å². The van der Waals surface area contributed by atoms with Gasteiger partial charge in [0.25, 0.3) is 17.4 Å². The van der Waals surface area contributed by atoms with Crippen molar-refractivity contribution in [2.24, 2.45) is 5.92 Å². The third-order valence-corrected chi connectivity index (χ3v) is 11.9. The number of piperidine rings is 1. The summed E-state index contributed by atoms with van der Waals surface area (Å²) < 4.78 is 7.32. The van der Waals surface area contributed by atoms with Crippen molar-refractivity contribution in [3.63, 3.8) is 0 Å². The van der Waals surface area contributed by atoms with Gasteiger partial charge in [0.1, 0.15) is 5.75 Å². The molecule has 0 spiro atoms. The minimum Gasteiger partial charge on any atom is -0.493 e. The van der Waals surface area contributed by atoms with Crippen LogP contribution in [-0.2, 0) is 24.2 Å². The lowest BCUT2D eigenvalue weighted by Crippen LogP contribution is -2.51. The first kappa shape index (κ1) is 41.8. The fraction of sp³-hybridized carbons (Fsp3) is 0.422. The average molecular weight is 822 g/mol. The second-order valence-corrected chi connectivity index (χ2v) is 16.5. The number of amides is 3. The van der Waals surface area contributed by atoms with Gasteiger partial charge in [0.15, 0.2) is 0 Å². The summed E-state index contributed by atoms with van der Waals surface area (Å²) in [5, 5.41) is 16.1. The number of hydrogen-bond donors (Lipinski definition) is 2. The summed E-state index contributed by atoms with van der Waals surface area (Å²) in [5.74, 6) is -0.0701. The standard InChI is InChI=1S/C45H52ClN7O6/c1-50(2)20-8-24-59-33-13-15-35-37(27-33)48-29-53(43(35)56)28-45(58)17-22-52(23-18-45)42(55)32(25-30-9-5-4-6-10-30)11-7-19-47-41(54)31-12-14-34-38(26-31)49-36-16-21-51(3)44(57)39(36)40(34)46/h4-6,9-10,12-15,26-27,29,32,58H,7-8,11,16-25,28H2,1-3H3,(H,47,54). The van der Waals surface area contributed by atoms with Gasteiger partial charge in [0.05, 0.1) is 57.8 Å². The monoisotopic (exact) mass is 821 g/mol. The van der Waals surface area contributed by atoms with Crippen molar-refractivity contribution < 1.29 is 24.2 Å². The molecule has 7 rings (SSSR count). The zero-order valence-corrected chi connectivity index (χ0v) is 34.7. The fourth-order valence-electron chi connectivity index (χ4n) is 8.03.